The zero-order chi connectivity index (χ0) is 24.0. The van der Waals surface area contributed by atoms with Crippen LogP contribution in [0.2, 0.25) is 0 Å². The van der Waals surface area contributed by atoms with Crippen molar-refractivity contribution in [1.29, 1.82) is 0 Å². The van der Waals surface area contributed by atoms with E-state index in [4.69, 9.17) is 35.7 Å². The molecule has 0 aliphatic rings. The summed E-state index contributed by atoms with van der Waals surface area (Å²) in [7, 11) is 0. The largest absolute Gasteiger partial charge is 0.480 e. The molecule has 0 aliphatic carbocycles. The number of aliphatic carboxylic acids is 4. The average Bonchev–Trinajstić information content (AvgIpc) is 2.49. The molecule has 170 valence electrons. The summed E-state index contributed by atoms with van der Waals surface area (Å²) in [4.78, 5) is 72.9. The van der Waals surface area contributed by atoms with E-state index in [1.165, 1.54) is 0 Å². The van der Waals surface area contributed by atoms with Gasteiger partial charge < -0.3 is 35.7 Å². The minimum absolute atomic E-state index is 0.0703. The van der Waals surface area contributed by atoms with Crippen LogP contribution in [0.1, 0.15) is 0 Å². The molecule has 0 saturated heterocycles. The first kappa shape index (κ1) is 28.2. The number of carbonyl (C=O) groups is 7. The number of carboxylic acid groups (broad SMARTS) is 7. The molecule has 30 heavy (non-hydrogen) atoms. The molecule has 0 fully saturated rings. The van der Waals surface area contributed by atoms with Crippen LogP contribution in [0.15, 0.2) is 0 Å². The Hall–Kier alpha value is -3.99. The maximum Gasteiger partial charge on any atom is 0.426 e. The predicted octanol–water partition coefficient (Wildman–Crippen LogP) is -1.75. The van der Waals surface area contributed by atoms with Gasteiger partial charge in [-0.15, -0.1) is 4.90 Å². The number of hydrogen-bond acceptors (Lipinski definition) is 9. The first-order valence-corrected chi connectivity index (χ1v) is 7.48. The summed E-state index contributed by atoms with van der Waals surface area (Å²) >= 11 is 0. The molecule has 0 radical (unpaired) electrons. The monoisotopic (exact) mass is 441 g/mol. The highest BCUT2D eigenvalue weighted by atomic mass is 16.5. The lowest BCUT2D eigenvalue weighted by molar-refractivity contribution is -0.145. The lowest BCUT2D eigenvalue weighted by atomic mass is 10.4. The summed E-state index contributed by atoms with van der Waals surface area (Å²) in [5.74, 6) is -4.91. The second-order valence-corrected chi connectivity index (χ2v) is 5.18. The standard InChI is InChI=1S/C10H16N2O8.C3H3NO6/c13-7(14)3-11(4-8(15)16)1-2-12(5-9(17)18)6-10(19)20;5-1(6)4(2(7)8)3(9)10/h1-6H2,(H,13,14)(H,15,16)(H,17,18)(H,19,20);(H,5,6)(H,7,8)(H,9,10). The highest BCUT2D eigenvalue weighted by molar-refractivity contribution is 6.01. The second-order valence-electron chi connectivity index (χ2n) is 5.18. The zero-order valence-corrected chi connectivity index (χ0v) is 15.1. The molecule has 0 bridgehead atoms. The molecule has 17 heteroatoms. The fourth-order valence-corrected chi connectivity index (χ4v) is 1.72. The smallest absolute Gasteiger partial charge is 0.426 e. The van der Waals surface area contributed by atoms with Crippen molar-refractivity contribution in [2.45, 2.75) is 0 Å². The van der Waals surface area contributed by atoms with Crippen molar-refractivity contribution < 1.29 is 69.3 Å². The number of nitrogens with zero attached hydrogens (tertiary/aromatic N) is 3. The summed E-state index contributed by atoms with van der Waals surface area (Å²) in [6, 6.07) is 0. The average molecular weight is 441 g/mol. The molecule has 0 aromatic carbocycles. The summed E-state index contributed by atoms with van der Waals surface area (Å²) in [6.07, 6.45) is -6.12. The van der Waals surface area contributed by atoms with E-state index in [2.05, 4.69) is 0 Å². The fraction of sp³-hybridized carbons (Fsp3) is 0.462. The third kappa shape index (κ3) is 15.1. The maximum absolute atomic E-state index is 10.6. The van der Waals surface area contributed by atoms with Crippen molar-refractivity contribution in [2.75, 3.05) is 39.3 Å². The number of amides is 3. The molecule has 0 heterocycles. The van der Waals surface area contributed by atoms with Crippen molar-refractivity contribution >= 4 is 42.2 Å². The van der Waals surface area contributed by atoms with Gasteiger partial charge in [-0.1, -0.05) is 0 Å². The molecule has 0 aliphatic heterocycles. The van der Waals surface area contributed by atoms with Crippen LogP contribution in [-0.2, 0) is 19.2 Å². The molecular weight excluding hydrogens is 422 g/mol. The van der Waals surface area contributed by atoms with Gasteiger partial charge in [0, 0.05) is 13.1 Å². The van der Waals surface area contributed by atoms with Crippen molar-refractivity contribution in [1.82, 2.24) is 14.7 Å². The van der Waals surface area contributed by atoms with E-state index in [0.717, 1.165) is 9.80 Å². The van der Waals surface area contributed by atoms with E-state index in [0.29, 0.717) is 0 Å². The lowest BCUT2D eigenvalue weighted by Gasteiger charge is -2.23. The van der Waals surface area contributed by atoms with E-state index in [1.54, 1.807) is 0 Å². The van der Waals surface area contributed by atoms with Crippen LogP contribution >= 0.6 is 0 Å². The van der Waals surface area contributed by atoms with E-state index < -0.39 is 73.2 Å². The van der Waals surface area contributed by atoms with Gasteiger partial charge in [-0.2, -0.15) is 0 Å². The zero-order valence-electron chi connectivity index (χ0n) is 15.1. The van der Waals surface area contributed by atoms with Crippen molar-refractivity contribution in [3.63, 3.8) is 0 Å². The third-order valence-corrected chi connectivity index (χ3v) is 2.74. The summed E-state index contributed by atoms with van der Waals surface area (Å²) in [6.45, 7) is -2.25. The summed E-state index contributed by atoms with van der Waals surface area (Å²) in [5.41, 5.74) is 0. The van der Waals surface area contributed by atoms with E-state index >= 15 is 0 Å². The summed E-state index contributed by atoms with van der Waals surface area (Å²) < 4.78 is 0. The normalized spacial score (nSPS) is 9.93. The Morgan fingerprint density at radius 2 is 0.633 bits per heavy atom. The van der Waals surface area contributed by atoms with Crippen LogP contribution in [0.3, 0.4) is 0 Å². The highest BCUT2D eigenvalue weighted by Crippen LogP contribution is 1.94. The molecule has 0 saturated carbocycles. The van der Waals surface area contributed by atoms with Crippen LogP contribution in [0.4, 0.5) is 14.4 Å². The third-order valence-electron chi connectivity index (χ3n) is 2.74. The van der Waals surface area contributed by atoms with Crippen molar-refractivity contribution in [2.24, 2.45) is 0 Å². The lowest BCUT2D eigenvalue weighted by Crippen LogP contribution is -2.43. The van der Waals surface area contributed by atoms with Gasteiger partial charge in [-0.25, -0.2) is 14.4 Å². The van der Waals surface area contributed by atoms with Crippen LogP contribution in [0, 0.1) is 0 Å². The van der Waals surface area contributed by atoms with Gasteiger partial charge in [0.05, 0.1) is 26.2 Å². The Bertz CT molecular complexity index is 577. The quantitative estimate of drug-likeness (QED) is 0.187. The molecule has 0 aromatic rings. The predicted molar refractivity (Wildman–Crippen MR) is 89.3 cm³/mol. The molecule has 7 N–H and O–H groups in total. The number of imide groups is 3. The minimum atomic E-state index is -2.04. The van der Waals surface area contributed by atoms with Gasteiger partial charge >= 0.3 is 42.2 Å². The van der Waals surface area contributed by atoms with Gasteiger partial charge in [-0.05, 0) is 0 Å². The molecule has 3 amide bonds. The Balaban J connectivity index is 0. The van der Waals surface area contributed by atoms with Crippen molar-refractivity contribution in [3.8, 4) is 0 Å². The minimum Gasteiger partial charge on any atom is -0.480 e. The second kappa shape index (κ2) is 14.1. The number of hydrogen-bond donors (Lipinski definition) is 7. The Morgan fingerprint density at radius 3 is 0.733 bits per heavy atom. The van der Waals surface area contributed by atoms with Crippen LogP contribution in [0.25, 0.3) is 0 Å². The van der Waals surface area contributed by atoms with Crippen LogP contribution in [-0.4, -0.2) is 132 Å². The number of carboxylic acids is 4. The van der Waals surface area contributed by atoms with Crippen LogP contribution < -0.4 is 0 Å². The Kier molecular flexibility index (Phi) is 13.2. The molecule has 0 aromatic heterocycles. The molecule has 0 atom stereocenters. The van der Waals surface area contributed by atoms with Gasteiger partial charge in [0.25, 0.3) is 0 Å². The maximum atomic E-state index is 10.6. The first-order chi connectivity index (χ1) is 13.7. The Labute approximate surface area is 166 Å². The number of rotatable bonds is 11. The van der Waals surface area contributed by atoms with Gasteiger partial charge in [0.1, 0.15) is 0 Å². The molecule has 0 spiro atoms. The molecule has 0 unspecified atom stereocenters. The molecule has 17 nitrogen and oxygen atoms in total. The first-order valence-electron chi connectivity index (χ1n) is 7.48. The SMILES string of the molecule is O=C(O)CN(CCN(CC(=O)O)CC(=O)O)CC(=O)O.O=C(O)N(C(=O)O)C(=O)O. The summed E-state index contributed by atoms with van der Waals surface area (Å²) in [5, 5.41) is 58.1. The topological polar surface area (TPSA) is 271 Å². The van der Waals surface area contributed by atoms with Gasteiger partial charge in [0.15, 0.2) is 0 Å². The van der Waals surface area contributed by atoms with E-state index in [9.17, 15) is 33.6 Å². The Morgan fingerprint density at radius 1 is 0.433 bits per heavy atom. The highest BCUT2D eigenvalue weighted by Gasteiger charge is 2.27. The van der Waals surface area contributed by atoms with Crippen LogP contribution in [0.5, 0.6) is 0 Å². The molecule has 0 rings (SSSR count). The van der Waals surface area contributed by atoms with Gasteiger partial charge in [0.2, 0.25) is 0 Å². The van der Waals surface area contributed by atoms with E-state index in [1.807, 2.05) is 0 Å². The molecular formula is C13H19N3O14. The fourth-order valence-electron chi connectivity index (χ4n) is 1.72. The van der Waals surface area contributed by atoms with E-state index in [-0.39, 0.29) is 13.1 Å². The van der Waals surface area contributed by atoms with Gasteiger partial charge in [-0.3, -0.25) is 29.0 Å². The van der Waals surface area contributed by atoms with Crippen molar-refractivity contribution in [3.05, 3.63) is 0 Å².